The van der Waals surface area contributed by atoms with Gasteiger partial charge in [-0.25, -0.2) is 0 Å². The van der Waals surface area contributed by atoms with Gasteiger partial charge in [-0.05, 0) is 39.1 Å². The second-order valence-electron chi connectivity index (χ2n) is 3.72. The second kappa shape index (κ2) is 4.32. The summed E-state index contributed by atoms with van der Waals surface area (Å²) in [6.07, 6.45) is 0. The van der Waals surface area contributed by atoms with Gasteiger partial charge in [-0.3, -0.25) is 0 Å². The average Bonchev–Trinajstić information content (AvgIpc) is 2.18. The Bertz CT molecular complexity index is 323. The highest BCUT2D eigenvalue weighted by Crippen LogP contribution is 2.31. The first-order valence-electron chi connectivity index (χ1n) is 4.54. The number of ether oxygens (including phenoxy) is 1. The summed E-state index contributed by atoms with van der Waals surface area (Å²) in [4.78, 5) is 0. The molecule has 0 fully saturated rings. The SMILES string of the molecule is CNC(C)(C)c1cc(Br)ccc1OC. The number of hydrogen-bond acceptors (Lipinski definition) is 2. The molecule has 0 spiro atoms. The Hall–Kier alpha value is -0.540. The van der Waals surface area contributed by atoms with Crippen LogP contribution in [0.5, 0.6) is 5.75 Å². The average molecular weight is 258 g/mol. The van der Waals surface area contributed by atoms with Gasteiger partial charge in [0.15, 0.2) is 0 Å². The fourth-order valence-corrected chi connectivity index (χ4v) is 1.66. The fraction of sp³-hybridized carbons (Fsp3) is 0.455. The minimum atomic E-state index is -0.0882. The van der Waals surface area contributed by atoms with E-state index in [1.54, 1.807) is 7.11 Å². The van der Waals surface area contributed by atoms with Crippen molar-refractivity contribution in [1.29, 1.82) is 0 Å². The Morgan fingerprint density at radius 3 is 2.50 bits per heavy atom. The van der Waals surface area contributed by atoms with Gasteiger partial charge >= 0.3 is 0 Å². The molecule has 2 nitrogen and oxygen atoms in total. The molecule has 3 heteroatoms. The molecule has 0 aliphatic rings. The molecule has 0 heterocycles. The number of benzene rings is 1. The number of rotatable bonds is 3. The summed E-state index contributed by atoms with van der Waals surface area (Å²) >= 11 is 3.46. The first-order valence-corrected chi connectivity index (χ1v) is 5.33. The van der Waals surface area contributed by atoms with Crippen molar-refractivity contribution in [2.75, 3.05) is 14.2 Å². The maximum absolute atomic E-state index is 5.33. The van der Waals surface area contributed by atoms with E-state index < -0.39 is 0 Å². The molecule has 0 radical (unpaired) electrons. The topological polar surface area (TPSA) is 21.3 Å². The van der Waals surface area contributed by atoms with E-state index in [0.717, 1.165) is 15.8 Å². The number of methoxy groups -OCH3 is 1. The lowest BCUT2D eigenvalue weighted by Gasteiger charge is -2.26. The molecule has 1 aromatic carbocycles. The lowest BCUT2D eigenvalue weighted by atomic mass is 9.94. The molecule has 0 saturated heterocycles. The van der Waals surface area contributed by atoms with Crippen LogP contribution < -0.4 is 10.1 Å². The molecule has 78 valence electrons. The zero-order chi connectivity index (χ0) is 10.8. The van der Waals surface area contributed by atoms with Gasteiger partial charge in [-0.1, -0.05) is 15.9 Å². The van der Waals surface area contributed by atoms with Crippen LogP contribution in [0.25, 0.3) is 0 Å². The summed E-state index contributed by atoms with van der Waals surface area (Å²) in [6.45, 7) is 4.24. The highest BCUT2D eigenvalue weighted by Gasteiger charge is 2.22. The molecule has 0 unspecified atom stereocenters. The monoisotopic (exact) mass is 257 g/mol. The van der Waals surface area contributed by atoms with Crippen molar-refractivity contribution < 1.29 is 4.74 Å². The molecule has 0 aliphatic carbocycles. The van der Waals surface area contributed by atoms with Crippen molar-refractivity contribution in [3.05, 3.63) is 28.2 Å². The number of halogens is 1. The minimum absolute atomic E-state index is 0.0882. The normalized spacial score (nSPS) is 11.5. The van der Waals surface area contributed by atoms with E-state index in [0.29, 0.717) is 0 Å². The maximum Gasteiger partial charge on any atom is 0.123 e. The summed E-state index contributed by atoms with van der Waals surface area (Å²) in [5.74, 6) is 0.910. The van der Waals surface area contributed by atoms with Crippen molar-refractivity contribution in [1.82, 2.24) is 5.32 Å². The molecule has 0 aromatic heterocycles. The third-order valence-corrected chi connectivity index (χ3v) is 2.95. The summed E-state index contributed by atoms with van der Waals surface area (Å²) in [6, 6.07) is 6.03. The smallest absolute Gasteiger partial charge is 0.123 e. The van der Waals surface area contributed by atoms with Gasteiger partial charge in [0.1, 0.15) is 5.75 Å². The van der Waals surface area contributed by atoms with Crippen molar-refractivity contribution in [2.24, 2.45) is 0 Å². The van der Waals surface area contributed by atoms with E-state index in [-0.39, 0.29) is 5.54 Å². The molecule has 0 atom stereocenters. The summed E-state index contributed by atoms with van der Waals surface area (Å²) in [5.41, 5.74) is 1.06. The summed E-state index contributed by atoms with van der Waals surface area (Å²) in [7, 11) is 3.64. The zero-order valence-electron chi connectivity index (χ0n) is 9.02. The largest absolute Gasteiger partial charge is 0.496 e. The first-order chi connectivity index (χ1) is 6.51. The molecule has 14 heavy (non-hydrogen) atoms. The number of nitrogens with one attached hydrogen (secondary N) is 1. The van der Waals surface area contributed by atoms with Crippen LogP contribution in [0.2, 0.25) is 0 Å². The highest BCUT2D eigenvalue weighted by atomic mass is 79.9. The quantitative estimate of drug-likeness (QED) is 0.900. The summed E-state index contributed by atoms with van der Waals surface area (Å²) in [5, 5.41) is 3.26. The van der Waals surface area contributed by atoms with E-state index in [2.05, 4.69) is 41.2 Å². The Kier molecular flexibility index (Phi) is 3.56. The second-order valence-corrected chi connectivity index (χ2v) is 4.64. The minimum Gasteiger partial charge on any atom is -0.496 e. The predicted molar refractivity (Wildman–Crippen MR) is 62.8 cm³/mol. The summed E-state index contributed by atoms with van der Waals surface area (Å²) < 4.78 is 6.39. The van der Waals surface area contributed by atoms with Crippen LogP contribution in [-0.2, 0) is 5.54 Å². The Morgan fingerprint density at radius 1 is 1.36 bits per heavy atom. The molecule has 0 bridgehead atoms. The third-order valence-electron chi connectivity index (χ3n) is 2.46. The lowest BCUT2D eigenvalue weighted by molar-refractivity contribution is 0.375. The van der Waals surface area contributed by atoms with Gasteiger partial charge < -0.3 is 10.1 Å². The third kappa shape index (κ3) is 2.28. The van der Waals surface area contributed by atoms with Gasteiger partial charge in [0.2, 0.25) is 0 Å². The molecule has 0 saturated carbocycles. The van der Waals surface area contributed by atoms with Gasteiger partial charge in [0, 0.05) is 15.6 Å². The van der Waals surface area contributed by atoms with Gasteiger partial charge in [-0.2, -0.15) is 0 Å². The highest BCUT2D eigenvalue weighted by molar-refractivity contribution is 9.10. The lowest BCUT2D eigenvalue weighted by Crippen LogP contribution is -2.33. The van der Waals surface area contributed by atoms with Gasteiger partial charge in [-0.15, -0.1) is 0 Å². The Labute approximate surface area is 93.8 Å². The zero-order valence-corrected chi connectivity index (χ0v) is 10.6. The van der Waals surface area contributed by atoms with E-state index in [1.807, 2.05) is 19.2 Å². The molecular formula is C11H16BrNO. The van der Waals surface area contributed by atoms with E-state index in [4.69, 9.17) is 4.74 Å². The molecule has 1 N–H and O–H groups in total. The van der Waals surface area contributed by atoms with Crippen molar-refractivity contribution >= 4 is 15.9 Å². The van der Waals surface area contributed by atoms with Crippen LogP contribution in [0.15, 0.2) is 22.7 Å². The van der Waals surface area contributed by atoms with Gasteiger partial charge in [0.25, 0.3) is 0 Å². The Balaban J connectivity index is 3.23. The predicted octanol–water partition coefficient (Wildman–Crippen LogP) is 2.91. The van der Waals surface area contributed by atoms with Gasteiger partial charge in [0.05, 0.1) is 7.11 Å². The van der Waals surface area contributed by atoms with Crippen molar-refractivity contribution in [2.45, 2.75) is 19.4 Å². The van der Waals surface area contributed by atoms with Crippen molar-refractivity contribution in [3.63, 3.8) is 0 Å². The molecule has 1 aromatic rings. The standard InChI is InChI=1S/C11H16BrNO/c1-11(2,13-3)9-7-8(12)5-6-10(9)14-4/h5-7,13H,1-4H3. The molecular weight excluding hydrogens is 242 g/mol. The molecule has 1 rings (SSSR count). The fourth-order valence-electron chi connectivity index (χ4n) is 1.30. The van der Waals surface area contributed by atoms with E-state index in [9.17, 15) is 0 Å². The number of hydrogen-bond donors (Lipinski definition) is 1. The van der Waals surface area contributed by atoms with Crippen LogP contribution in [0.3, 0.4) is 0 Å². The first kappa shape index (κ1) is 11.5. The molecule has 0 amide bonds. The van der Waals surface area contributed by atoms with E-state index >= 15 is 0 Å². The van der Waals surface area contributed by atoms with Crippen LogP contribution in [0, 0.1) is 0 Å². The van der Waals surface area contributed by atoms with Crippen LogP contribution >= 0.6 is 15.9 Å². The van der Waals surface area contributed by atoms with Crippen LogP contribution in [0.1, 0.15) is 19.4 Å². The van der Waals surface area contributed by atoms with E-state index in [1.165, 1.54) is 0 Å². The maximum atomic E-state index is 5.33. The molecule has 0 aliphatic heterocycles. The Morgan fingerprint density at radius 2 is 2.00 bits per heavy atom. The van der Waals surface area contributed by atoms with Crippen LogP contribution in [0.4, 0.5) is 0 Å². The van der Waals surface area contributed by atoms with Crippen molar-refractivity contribution in [3.8, 4) is 5.75 Å². The van der Waals surface area contributed by atoms with Crippen LogP contribution in [-0.4, -0.2) is 14.2 Å².